The summed E-state index contributed by atoms with van der Waals surface area (Å²) in [6, 6.07) is 8.02. The van der Waals surface area contributed by atoms with E-state index in [-0.39, 0.29) is 0 Å². The molecule has 0 bridgehead atoms. The fourth-order valence-corrected chi connectivity index (χ4v) is 1.83. The first-order chi connectivity index (χ1) is 8.20. The maximum absolute atomic E-state index is 4.57. The van der Waals surface area contributed by atoms with Crippen molar-refractivity contribution < 1.29 is 0 Å². The Morgan fingerprint density at radius 1 is 1.24 bits per heavy atom. The van der Waals surface area contributed by atoms with Crippen molar-refractivity contribution in [3.63, 3.8) is 0 Å². The minimum Gasteiger partial charge on any atom is -0.314 e. The molecule has 2 aromatic rings. The quantitative estimate of drug-likeness (QED) is 0.945. The summed E-state index contributed by atoms with van der Waals surface area (Å²) < 4.78 is 1.06. The third kappa shape index (κ3) is 2.90. The summed E-state index contributed by atoms with van der Waals surface area (Å²) in [4.78, 5) is 8.94. The Balaban J connectivity index is 2.39. The number of hydrogen-bond donors (Lipinski definition) is 1. The van der Waals surface area contributed by atoms with E-state index in [0.29, 0.717) is 0 Å². The van der Waals surface area contributed by atoms with E-state index in [1.54, 1.807) is 0 Å². The topological polar surface area (TPSA) is 37.8 Å². The van der Waals surface area contributed by atoms with Crippen LogP contribution in [-0.2, 0) is 6.54 Å². The molecule has 3 nitrogen and oxygen atoms in total. The molecule has 0 unspecified atom stereocenters. The number of aryl methyl sites for hydroxylation is 1. The molecule has 0 aliphatic heterocycles. The number of hydrogen-bond acceptors (Lipinski definition) is 3. The van der Waals surface area contributed by atoms with Crippen LogP contribution in [0.5, 0.6) is 0 Å². The molecular weight excluding hydrogens is 278 g/mol. The van der Waals surface area contributed by atoms with Crippen LogP contribution in [0.15, 0.2) is 34.9 Å². The normalized spacial score (nSPS) is 10.5. The molecule has 0 aliphatic carbocycles. The van der Waals surface area contributed by atoms with E-state index in [1.165, 1.54) is 0 Å². The summed E-state index contributed by atoms with van der Waals surface area (Å²) in [5.41, 5.74) is 3.19. The predicted molar refractivity (Wildman–Crippen MR) is 72.7 cm³/mol. The lowest BCUT2D eigenvalue weighted by Gasteiger charge is -2.06. The van der Waals surface area contributed by atoms with E-state index in [9.17, 15) is 0 Å². The zero-order valence-corrected chi connectivity index (χ0v) is 11.5. The third-order valence-electron chi connectivity index (χ3n) is 2.52. The Morgan fingerprint density at radius 2 is 1.94 bits per heavy atom. The van der Waals surface area contributed by atoms with E-state index in [0.717, 1.165) is 33.7 Å². The lowest BCUT2D eigenvalue weighted by atomic mass is 10.2. The summed E-state index contributed by atoms with van der Waals surface area (Å²) in [5.74, 6) is 0.772. The molecule has 1 N–H and O–H groups in total. The molecule has 0 aliphatic rings. The highest BCUT2D eigenvalue weighted by Gasteiger charge is 2.05. The van der Waals surface area contributed by atoms with Gasteiger partial charge in [0, 0.05) is 22.8 Å². The van der Waals surface area contributed by atoms with Crippen molar-refractivity contribution in [1.29, 1.82) is 0 Å². The van der Waals surface area contributed by atoms with Gasteiger partial charge in [-0.2, -0.15) is 0 Å². The maximum Gasteiger partial charge on any atom is 0.159 e. The summed E-state index contributed by atoms with van der Waals surface area (Å²) in [5, 5.41) is 3.11. The van der Waals surface area contributed by atoms with Crippen LogP contribution < -0.4 is 5.32 Å². The van der Waals surface area contributed by atoms with Gasteiger partial charge in [0.25, 0.3) is 0 Å². The minimum atomic E-state index is 0.762. The highest BCUT2D eigenvalue weighted by molar-refractivity contribution is 9.10. The molecule has 1 aromatic carbocycles. The Labute approximate surface area is 109 Å². The zero-order valence-electron chi connectivity index (χ0n) is 9.87. The number of rotatable bonds is 3. The predicted octanol–water partition coefficient (Wildman–Crippen LogP) is 2.93. The number of aromatic nitrogens is 2. The van der Waals surface area contributed by atoms with Gasteiger partial charge in [-0.1, -0.05) is 28.1 Å². The van der Waals surface area contributed by atoms with Gasteiger partial charge in [0.05, 0.1) is 5.69 Å². The first-order valence-electron chi connectivity index (χ1n) is 5.44. The lowest BCUT2D eigenvalue weighted by molar-refractivity contribution is 0.779. The largest absolute Gasteiger partial charge is 0.314 e. The van der Waals surface area contributed by atoms with Gasteiger partial charge in [0.2, 0.25) is 0 Å². The first kappa shape index (κ1) is 12.2. The molecule has 0 atom stereocenters. The highest BCUT2D eigenvalue weighted by Crippen LogP contribution is 2.19. The second-order valence-corrected chi connectivity index (χ2v) is 4.78. The average Bonchev–Trinajstić information content (AvgIpc) is 2.33. The van der Waals surface area contributed by atoms with Gasteiger partial charge in [-0.15, -0.1) is 0 Å². The maximum atomic E-state index is 4.57. The van der Waals surface area contributed by atoms with Crippen molar-refractivity contribution in [2.75, 3.05) is 7.05 Å². The van der Waals surface area contributed by atoms with Crippen LogP contribution in [0.1, 0.15) is 11.3 Å². The fourth-order valence-electron chi connectivity index (χ4n) is 1.56. The second-order valence-electron chi connectivity index (χ2n) is 3.86. The second kappa shape index (κ2) is 5.38. The number of nitrogens with one attached hydrogen (secondary N) is 1. The smallest absolute Gasteiger partial charge is 0.159 e. The molecule has 0 amide bonds. The molecule has 2 rings (SSSR count). The number of halogens is 1. The van der Waals surface area contributed by atoms with Gasteiger partial charge in [-0.05, 0) is 31.7 Å². The number of benzene rings is 1. The van der Waals surface area contributed by atoms with Crippen molar-refractivity contribution in [3.05, 3.63) is 46.2 Å². The minimum absolute atomic E-state index is 0.762. The van der Waals surface area contributed by atoms with Crippen molar-refractivity contribution in [3.8, 4) is 11.4 Å². The van der Waals surface area contributed by atoms with Gasteiger partial charge >= 0.3 is 0 Å². The molecule has 88 valence electrons. The van der Waals surface area contributed by atoms with Gasteiger partial charge in [0.1, 0.15) is 0 Å². The molecule has 1 heterocycles. The Morgan fingerprint density at radius 3 is 2.59 bits per heavy atom. The third-order valence-corrected chi connectivity index (χ3v) is 3.05. The monoisotopic (exact) mass is 291 g/mol. The van der Waals surface area contributed by atoms with Gasteiger partial charge in [-0.25, -0.2) is 9.97 Å². The van der Waals surface area contributed by atoms with Gasteiger partial charge in [0.15, 0.2) is 5.82 Å². The SMILES string of the molecule is CNCc1nc(-c2ccc(Br)cc2)ncc1C. The molecule has 1 aromatic heterocycles. The van der Waals surface area contributed by atoms with Gasteiger partial charge < -0.3 is 5.32 Å². The van der Waals surface area contributed by atoms with Gasteiger partial charge in [-0.3, -0.25) is 0 Å². The van der Waals surface area contributed by atoms with E-state index in [4.69, 9.17) is 0 Å². The molecular formula is C13H14BrN3. The molecule has 0 fully saturated rings. The van der Waals surface area contributed by atoms with E-state index in [2.05, 4.69) is 31.2 Å². The fraction of sp³-hybridized carbons (Fsp3) is 0.231. The molecule has 17 heavy (non-hydrogen) atoms. The van der Waals surface area contributed by atoms with E-state index >= 15 is 0 Å². The van der Waals surface area contributed by atoms with E-state index < -0.39 is 0 Å². The number of nitrogens with zero attached hydrogens (tertiary/aromatic N) is 2. The summed E-state index contributed by atoms with van der Waals surface area (Å²) in [7, 11) is 1.92. The van der Waals surface area contributed by atoms with Crippen LogP contribution in [0.3, 0.4) is 0 Å². The Bertz CT molecular complexity index is 509. The standard InChI is InChI=1S/C13H14BrN3/c1-9-7-16-13(17-12(9)8-15-2)10-3-5-11(14)6-4-10/h3-7,15H,8H2,1-2H3. The van der Waals surface area contributed by atoms with Crippen LogP contribution in [-0.4, -0.2) is 17.0 Å². The molecule has 0 spiro atoms. The van der Waals surface area contributed by atoms with Crippen molar-refractivity contribution >= 4 is 15.9 Å². The lowest BCUT2D eigenvalue weighted by Crippen LogP contribution is -2.09. The molecule has 0 radical (unpaired) electrons. The van der Waals surface area contributed by atoms with Crippen LogP contribution in [0.25, 0.3) is 11.4 Å². The zero-order chi connectivity index (χ0) is 12.3. The average molecular weight is 292 g/mol. The summed E-state index contributed by atoms with van der Waals surface area (Å²) in [6.07, 6.45) is 1.87. The molecule has 0 saturated heterocycles. The van der Waals surface area contributed by atoms with Crippen LogP contribution in [0.2, 0.25) is 0 Å². The summed E-state index contributed by atoms with van der Waals surface area (Å²) in [6.45, 7) is 2.79. The van der Waals surface area contributed by atoms with Crippen LogP contribution in [0.4, 0.5) is 0 Å². The van der Waals surface area contributed by atoms with Crippen LogP contribution >= 0.6 is 15.9 Å². The first-order valence-corrected chi connectivity index (χ1v) is 6.23. The Kier molecular flexibility index (Phi) is 3.86. The Hall–Kier alpha value is -1.26. The molecule has 0 saturated carbocycles. The van der Waals surface area contributed by atoms with Crippen molar-refractivity contribution in [2.45, 2.75) is 13.5 Å². The highest BCUT2D eigenvalue weighted by atomic mass is 79.9. The van der Waals surface area contributed by atoms with Crippen LogP contribution in [0, 0.1) is 6.92 Å². The van der Waals surface area contributed by atoms with Crippen molar-refractivity contribution in [2.24, 2.45) is 0 Å². The van der Waals surface area contributed by atoms with E-state index in [1.807, 2.05) is 44.4 Å². The van der Waals surface area contributed by atoms with Crippen molar-refractivity contribution in [1.82, 2.24) is 15.3 Å². The summed E-state index contributed by atoms with van der Waals surface area (Å²) >= 11 is 3.42. The molecule has 4 heteroatoms.